The van der Waals surface area contributed by atoms with Gasteiger partial charge < -0.3 is 10.6 Å². The lowest BCUT2D eigenvalue weighted by atomic mass is 10.1. The van der Waals surface area contributed by atoms with Crippen LogP contribution in [0.15, 0.2) is 42.7 Å². The number of hydrogen-bond acceptors (Lipinski definition) is 6. The molecule has 2 aromatic rings. The summed E-state index contributed by atoms with van der Waals surface area (Å²) in [5.41, 5.74) is 1.15. The SMILES string of the molecule is O=C(CN1CCNCC1c1cccnc1)Nc1ccc(Cl)c([N+](=O)[O-])c1. The van der Waals surface area contributed by atoms with Crippen LogP contribution in [0.5, 0.6) is 0 Å². The number of aromatic nitrogens is 1. The van der Waals surface area contributed by atoms with E-state index in [0.29, 0.717) is 12.2 Å². The van der Waals surface area contributed by atoms with E-state index in [0.717, 1.165) is 18.7 Å². The van der Waals surface area contributed by atoms with Gasteiger partial charge in [-0.2, -0.15) is 0 Å². The molecule has 136 valence electrons. The summed E-state index contributed by atoms with van der Waals surface area (Å²) in [7, 11) is 0. The number of nitrogens with one attached hydrogen (secondary N) is 2. The molecule has 3 rings (SSSR count). The number of carbonyl (C=O) groups excluding carboxylic acids is 1. The summed E-state index contributed by atoms with van der Waals surface area (Å²) in [6, 6.07) is 8.11. The molecule has 0 saturated carbocycles. The number of anilines is 1. The number of amides is 1. The highest BCUT2D eigenvalue weighted by Gasteiger charge is 2.25. The summed E-state index contributed by atoms with van der Waals surface area (Å²) in [5, 5.41) is 17.0. The predicted molar refractivity (Wildman–Crippen MR) is 98.2 cm³/mol. The van der Waals surface area contributed by atoms with E-state index in [1.807, 2.05) is 12.1 Å². The Balaban J connectivity index is 1.68. The van der Waals surface area contributed by atoms with Crippen LogP contribution in [0, 0.1) is 10.1 Å². The molecule has 0 radical (unpaired) electrons. The zero-order valence-electron chi connectivity index (χ0n) is 13.9. The number of carbonyl (C=O) groups is 1. The summed E-state index contributed by atoms with van der Waals surface area (Å²) in [5.74, 6) is -0.239. The molecule has 1 atom stereocenters. The van der Waals surface area contributed by atoms with Crippen LogP contribution in [-0.4, -0.2) is 46.9 Å². The first kappa shape index (κ1) is 18.2. The Morgan fingerprint density at radius 3 is 3.04 bits per heavy atom. The van der Waals surface area contributed by atoms with Crippen molar-refractivity contribution >= 4 is 28.9 Å². The van der Waals surface area contributed by atoms with Gasteiger partial charge in [-0.3, -0.25) is 24.8 Å². The minimum absolute atomic E-state index is 0.0340. The van der Waals surface area contributed by atoms with Crippen molar-refractivity contribution in [3.8, 4) is 0 Å². The van der Waals surface area contributed by atoms with Crippen molar-refractivity contribution in [2.24, 2.45) is 0 Å². The number of piperazine rings is 1. The van der Waals surface area contributed by atoms with Crippen molar-refractivity contribution in [2.45, 2.75) is 6.04 Å². The number of pyridine rings is 1. The van der Waals surface area contributed by atoms with Crippen LogP contribution in [0.2, 0.25) is 5.02 Å². The van der Waals surface area contributed by atoms with Crippen molar-refractivity contribution in [3.63, 3.8) is 0 Å². The van der Waals surface area contributed by atoms with Gasteiger partial charge in [-0.15, -0.1) is 0 Å². The molecule has 26 heavy (non-hydrogen) atoms. The molecule has 0 bridgehead atoms. The number of nitro benzene ring substituents is 1. The second kappa shape index (κ2) is 8.22. The monoisotopic (exact) mass is 375 g/mol. The Bertz CT molecular complexity index is 802. The van der Waals surface area contributed by atoms with Crippen molar-refractivity contribution in [1.29, 1.82) is 0 Å². The Labute approximate surface area is 155 Å². The van der Waals surface area contributed by atoms with Gasteiger partial charge >= 0.3 is 0 Å². The average Bonchev–Trinajstić information content (AvgIpc) is 2.64. The van der Waals surface area contributed by atoms with Crippen LogP contribution in [0.25, 0.3) is 0 Å². The number of rotatable bonds is 5. The van der Waals surface area contributed by atoms with E-state index in [2.05, 4.69) is 20.5 Å². The highest BCUT2D eigenvalue weighted by atomic mass is 35.5. The summed E-state index contributed by atoms with van der Waals surface area (Å²) >= 11 is 5.79. The van der Waals surface area contributed by atoms with Crippen LogP contribution in [0.1, 0.15) is 11.6 Å². The van der Waals surface area contributed by atoms with Gasteiger partial charge in [0.1, 0.15) is 5.02 Å². The smallest absolute Gasteiger partial charge is 0.289 e. The zero-order chi connectivity index (χ0) is 18.5. The first-order valence-corrected chi connectivity index (χ1v) is 8.51. The van der Waals surface area contributed by atoms with Crippen LogP contribution < -0.4 is 10.6 Å². The molecule has 8 nitrogen and oxygen atoms in total. The highest BCUT2D eigenvalue weighted by Crippen LogP contribution is 2.27. The molecule has 1 unspecified atom stereocenters. The predicted octanol–water partition coefficient (Wildman–Crippen LogP) is 2.23. The van der Waals surface area contributed by atoms with Crippen molar-refractivity contribution in [2.75, 3.05) is 31.5 Å². The second-order valence-electron chi connectivity index (χ2n) is 5.95. The number of nitro groups is 1. The highest BCUT2D eigenvalue weighted by molar-refractivity contribution is 6.32. The summed E-state index contributed by atoms with van der Waals surface area (Å²) in [6.45, 7) is 2.41. The first-order chi connectivity index (χ1) is 12.5. The quantitative estimate of drug-likeness (QED) is 0.614. The molecule has 1 fully saturated rings. The number of benzene rings is 1. The fourth-order valence-corrected chi connectivity index (χ4v) is 3.14. The third-order valence-electron chi connectivity index (χ3n) is 4.20. The molecule has 0 aliphatic carbocycles. The van der Waals surface area contributed by atoms with Gasteiger partial charge in [0, 0.05) is 49.8 Å². The maximum absolute atomic E-state index is 12.4. The lowest BCUT2D eigenvalue weighted by Crippen LogP contribution is -2.48. The third-order valence-corrected chi connectivity index (χ3v) is 4.52. The Kier molecular flexibility index (Phi) is 5.77. The molecule has 1 saturated heterocycles. The van der Waals surface area contributed by atoms with E-state index in [9.17, 15) is 14.9 Å². The number of hydrogen-bond donors (Lipinski definition) is 2. The van der Waals surface area contributed by atoms with Gasteiger partial charge in [0.25, 0.3) is 5.69 Å². The van der Waals surface area contributed by atoms with Crippen molar-refractivity contribution in [1.82, 2.24) is 15.2 Å². The largest absolute Gasteiger partial charge is 0.325 e. The molecular weight excluding hydrogens is 358 g/mol. The third kappa shape index (κ3) is 4.34. The molecule has 9 heteroatoms. The Morgan fingerprint density at radius 1 is 1.46 bits per heavy atom. The summed E-state index contributed by atoms with van der Waals surface area (Å²) < 4.78 is 0. The minimum atomic E-state index is -0.577. The second-order valence-corrected chi connectivity index (χ2v) is 6.36. The van der Waals surface area contributed by atoms with E-state index in [4.69, 9.17) is 11.6 Å². The normalized spacial score (nSPS) is 17.7. The molecule has 1 aromatic heterocycles. The summed E-state index contributed by atoms with van der Waals surface area (Å²) in [4.78, 5) is 29.0. The maximum Gasteiger partial charge on any atom is 0.289 e. The van der Waals surface area contributed by atoms with E-state index in [1.165, 1.54) is 12.1 Å². The molecule has 1 aliphatic heterocycles. The van der Waals surface area contributed by atoms with Gasteiger partial charge in [-0.25, -0.2) is 0 Å². The molecule has 1 aliphatic rings. The van der Waals surface area contributed by atoms with Gasteiger partial charge in [0.2, 0.25) is 5.91 Å². The van der Waals surface area contributed by atoms with Crippen LogP contribution >= 0.6 is 11.6 Å². The van der Waals surface area contributed by atoms with Crippen LogP contribution in [0.3, 0.4) is 0 Å². The lowest BCUT2D eigenvalue weighted by Gasteiger charge is -2.35. The fraction of sp³-hybridized carbons (Fsp3) is 0.294. The Hall–Kier alpha value is -2.55. The lowest BCUT2D eigenvalue weighted by molar-refractivity contribution is -0.384. The summed E-state index contributed by atoms with van der Waals surface area (Å²) in [6.07, 6.45) is 3.51. The molecule has 2 heterocycles. The van der Waals surface area contributed by atoms with Crippen LogP contribution in [0.4, 0.5) is 11.4 Å². The van der Waals surface area contributed by atoms with Gasteiger partial charge in [-0.05, 0) is 23.8 Å². The molecule has 2 N–H and O–H groups in total. The van der Waals surface area contributed by atoms with Crippen molar-refractivity contribution in [3.05, 3.63) is 63.4 Å². The van der Waals surface area contributed by atoms with E-state index < -0.39 is 4.92 Å². The van der Waals surface area contributed by atoms with Crippen LogP contribution in [-0.2, 0) is 4.79 Å². The van der Waals surface area contributed by atoms with Gasteiger partial charge in [0.05, 0.1) is 11.5 Å². The van der Waals surface area contributed by atoms with E-state index >= 15 is 0 Å². The Morgan fingerprint density at radius 2 is 2.31 bits per heavy atom. The van der Waals surface area contributed by atoms with E-state index in [-0.39, 0.29) is 29.2 Å². The fourth-order valence-electron chi connectivity index (χ4n) is 2.95. The first-order valence-electron chi connectivity index (χ1n) is 8.13. The molecular formula is C17H18ClN5O3. The number of halogens is 1. The van der Waals surface area contributed by atoms with Gasteiger partial charge in [0.15, 0.2) is 0 Å². The number of nitrogens with zero attached hydrogens (tertiary/aromatic N) is 3. The maximum atomic E-state index is 12.4. The standard InChI is InChI=1S/C17H18ClN5O3/c18-14-4-3-13(8-15(14)23(25)26)21-17(24)11-22-7-6-20-10-16(22)12-2-1-5-19-9-12/h1-5,8-9,16,20H,6-7,10-11H2,(H,21,24). The molecule has 1 aromatic carbocycles. The topological polar surface area (TPSA) is 100 Å². The van der Waals surface area contributed by atoms with Gasteiger partial charge in [-0.1, -0.05) is 17.7 Å². The molecule has 1 amide bonds. The average molecular weight is 376 g/mol. The van der Waals surface area contributed by atoms with E-state index in [1.54, 1.807) is 18.5 Å². The zero-order valence-corrected chi connectivity index (χ0v) is 14.6. The van der Waals surface area contributed by atoms with Crippen molar-refractivity contribution < 1.29 is 9.72 Å². The molecule has 0 spiro atoms. The minimum Gasteiger partial charge on any atom is -0.325 e.